The van der Waals surface area contributed by atoms with Gasteiger partial charge in [-0.15, -0.1) is 11.3 Å². The van der Waals surface area contributed by atoms with E-state index < -0.39 is 0 Å². The molecule has 2 heterocycles. The van der Waals surface area contributed by atoms with Crippen molar-refractivity contribution in [2.75, 3.05) is 39.8 Å². The van der Waals surface area contributed by atoms with Crippen LogP contribution in [-0.2, 0) is 33.7 Å². The molecule has 0 bridgehead atoms. The number of methoxy groups -OCH3 is 3. The Morgan fingerprint density at radius 1 is 1.22 bits per heavy atom. The van der Waals surface area contributed by atoms with E-state index in [0.29, 0.717) is 61.0 Å². The fourth-order valence-corrected chi connectivity index (χ4v) is 4.91. The van der Waals surface area contributed by atoms with Gasteiger partial charge in [0.25, 0.3) is 0 Å². The first kappa shape index (κ1) is 23.6. The quantitative estimate of drug-likeness (QED) is 0.621. The number of nitrogens with zero attached hydrogens (tertiary/aromatic N) is 2. The van der Waals surface area contributed by atoms with Crippen LogP contribution in [0.25, 0.3) is 0 Å². The number of carbonyl (C=O) groups is 2. The van der Waals surface area contributed by atoms with E-state index in [4.69, 9.17) is 14.2 Å². The van der Waals surface area contributed by atoms with Crippen molar-refractivity contribution < 1.29 is 23.8 Å². The van der Waals surface area contributed by atoms with Crippen LogP contribution in [0.15, 0.2) is 18.2 Å². The highest BCUT2D eigenvalue weighted by molar-refractivity contribution is 7.16. The minimum Gasteiger partial charge on any atom is -0.497 e. The Kier molecular flexibility index (Phi) is 8.09. The predicted molar refractivity (Wildman–Crippen MR) is 121 cm³/mol. The fourth-order valence-electron chi connectivity index (χ4n) is 3.68. The van der Waals surface area contributed by atoms with Crippen LogP contribution >= 0.6 is 11.3 Å². The van der Waals surface area contributed by atoms with Crippen LogP contribution in [0.2, 0.25) is 0 Å². The van der Waals surface area contributed by atoms with Crippen molar-refractivity contribution in [2.24, 2.45) is 0 Å². The summed E-state index contributed by atoms with van der Waals surface area (Å²) in [5.74, 6) is 1.24. The minimum atomic E-state index is -0.182. The number of nitriles is 1. The van der Waals surface area contributed by atoms with Gasteiger partial charge in [0.15, 0.2) is 0 Å². The highest BCUT2D eigenvalue weighted by Gasteiger charge is 2.27. The first-order chi connectivity index (χ1) is 15.5. The Bertz CT molecular complexity index is 1030. The van der Waals surface area contributed by atoms with Gasteiger partial charge in [-0.25, -0.2) is 0 Å². The number of anilines is 1. The third kappa shape index (κ3) is 5.39. The SMILES string of the molecule is COCCC(=O)N1CCc2c(sc(NC(=O)CCc3cc(OC)ccc3OC)c2C#N)C1. The lowest BCUT2D eigenvalue weighted by atomic mass is 10.0. The van der Waals surface area contributed by atoms with Crippen molar-refractivity contribution >= 4 is 28.2 Å². The number of rotatable bonds is 9. The zero-order valence-electron chi connectivity index (χ0n) is 18.5. The van der Waals surface area contributed by atoms with Gasteiger partial charge in [-0.1, -0.05) is 0 Å². The molecular formula is C23H27N3O5S. The van der Waals surface area contributed by atoms with Gasteiger partial charge in [0, 0.05) is 25.0 Å². The molecule has 0 fully saturated rings. The summed E-state index contributed by atoms with van der Waals surface area (Å²) in [5, 5.41) is 13.1. The summed E-state index contributed by atoms with van der Waals surface area (Å²) in [4.78, 5) is 27.7. The second kappa shape index (κ2) is 11.0. The number of carbonyl (C=O) groups excluding carboxylic acids is 2. The molecule has 0 aliphatic carbocycles. The van der Waals surface area contributed by atoms with E-state index in [1.165, 1.54) is 11.3 Å². The molecule has 0 atom stereocenters. The Morgan fingerprint density at radius 2 is 2.03 bits per heavy atom. The number of thiophene rings is 1. The molecule has 9 heteroatoms. The molecule has 1 N–H and O–H groups in total. The average Bonchev–Trinajstić information content (AvgIpc) is 3.16. The Morgan fingerprint density at radius 3 is 2.72 bits per heavy atom. The molecule has 1 aromatic heterocycles. The maximum atomic E-state index is 12.6. The first-order valence-corrected chi connectivity index (χ1v) is 11.1. The number of hydrogen-bond acceptors (Lipinski definition) is 7. The number of benzene rings is 1. The molecule has 1 aliphatic heterocycles. The lowest BCUT2D eigenvalue weighted by molar-refractivity contribution is -0.133. The van der Waals surface area contributed by atoms with E-state index in [1.54, 1.807) is 32.3 Å². The molecule has 0 saturated carbocycles. The Hall–Kier alpha value is -3.09. The van der Waals surface area contributed by atoms with Crippen molar-refractivity contribution in [1.29, 1.82) is 5.26 Å². The minimum absolute atomic E-state index is 0.0298. The van der Waals surface area contributed by atoms with E-state index in [-0.39, 0.29) is 18.2 Å². The predicted octanol–water partition coefficient (Wildman–Crippen LogP) is 3.13. The zero-order valence-corrected chi connectivity index (χ0v) is 19.3. The zero-order chi connectivity index (χ0) is 23.1. The van der Waals surface area contributed by atoms with Gasteiger partial charge in [0.1, 0.15) is 22.6 Å². The largest absolute Gasteiger partial charge is 0.497 e. The molecule has 32 heavy (non-hydrogen) atoms. The van der Waals surface area contributed by atoms with Gasteiger partial charge in [-0.3, -0.25) is 9.59 Å². The molecule has 3 rings (SSSR count). The maximum Gasteiger partial charge on any atom is 0.225 e. The lowest BCUT2D eigenvalue weighted by Gasteiger charge is -2.27. The molecule has 8 nitrogen and oxygen atoms in total. The number of aryl methyl sites for hydroxylation is 1. The molecule has 0 spiro atoms. The van der Waals surface area contributed by atoms with E-state index in [9.17, 15) is 14.9 Å². The van der Waals surface area contributed by atoms with Crippen molar-refractivity contribution in [2.45, 2.75) is 32.2 Å². The second-order valence-electron chi connectivity index (χ2n) is 7.35. The van der Waals surface area contributed by atoms with Crippen LogP contribution in [0.5, 0.6) is 11.5 Å². The third-order valence-electron chi connectivity index (χ3n) is 5.40. The molecule has 0 radical (unpaired) electrons. The number of fused-ring (bicyclic) bond motifs is 1. The van der Waals surface area contributed by atoms with E-state index in [2.05, 4.69) is 11.4 Å². The summed E-state index contributed by atoms with van der Waals surface area (Å²) in [5.41, 5.74) is 2.30. The maximum absolute atomic E-state index is 12.6. The van der Waals surface area contributed by atoms with Crippen molar-refractivity contribution in [3.05, 3.63) is 39.8 Å². The average molecular weight is 458 g/mol. The van der Waals surface area contributed by atoms with Gasteiger partial charge in [0.05, 0.1) is 39.4 Å². The summed E-state index contributed by atoms with van der Waals surface area (Å²) < 4.78 is 15.6. The fraction of sp³-hybridized carbons (Fsp3) is 0.435. The summed E-state index contributed by atoms with van der Waals surface area (Å²) in [7, 11) is 4.75. The summed E-state index contributed by atoms with van der Waals surface area (Å²) in [6.07, 6.45) is 1.64. The highest BCUT2D eigenvalue weighted by Crippen LogP contribution is 2.37. The van der Waals surface area contributed by atoms with Crippen LogP contribution in [0.1, 0.15) is 34.4 Å². The van der Waals surface area contributed by atoms with Gasteiger partial charge in [-0.05, 0) is 42.2 Å². The molecular weight excluding hydrogens is 430 g/mol. The Labute approximate surface area is 191 Å². The second-order valence-corrected chi connectivity index (χ2v) is 8.46. The van der Waals surface area contributed by atoms with Crippen LogP contribution in [0.4, 0.5) is 5.00 Å². The highest BCUT2D eigenvalue weighted by atomic mass is 32.1. The monoisotopic (exact) mass is 457 g/mol. The van der Waals surface area contributed by atoms with Crippen LogP contribution in [0.3, 0.4) is 0 Å². The normalized spacial score (nSPS) is 12.6. The molecule has 0 saturated heterocycles. The smallest absolute Gasteiger partial charge is 0.225 e. The number of ether oxygens (including phenoxy) is 3. The van der Waals surface area contributed by atoms with E-state index >= 15 is 0 Å². The molecule has 0 unspecified atom stereocenters. The molecule has 1 aromatic carbocycles. The third-order valence-corrected chi connectivity index (χ3v) is 6.54. The standard InChI is InChI=1S/C23H27N3O5S/c1-29-11-9-22(28)26-10-8-17-18(13-24)23(32-20(17)14-26)25-21(27)7-4-15-12-16(30-2)5-6-19(15)31-3/h5-6,12H,4,7-11,14H2,1-3H3,(H,25,27). The summed E-state index contributed by atoms with van der Waals surface area (Å²) in [6, 6.07) is 7.70. The molecule has 2 amide bonds. The van der Waals surface area contributed by atoms with Crippen molar-refractivity contribution in [1.82, 2.24) is 4.90 Å². The molecule has 1 aliphatic rings. The number of nitrogens with one attached hydrogen (secondary N) is 1. The topological polar surface area (TPSA) is 101 Å². The van der Waals surface area contributed by atoms with Gasteiger partial charge >= 0.3 is 0 Å². The first-order valence-electron chi connectivity index (χ1n) is 10.3. The Balaban J connectivity index is 1.67. The van der Waals surface area contributed by atoms with E-state index in [1.807, 2.05) is 12.1 Å². The number of amides is 2. The van der Waals surface area contributed by atoms with Gasteiger partial charge in [0.2, 0.25) is 11.8 Å². The van der Waals surface area contributed by atoms with Gasteiger partial charge in [-0.2, -0.15) is 5.26 Å². The summed E-state index contributed by atoms with van der Waals surface area (Å²) >= 11 is 1.37. The molecule has 170 valence electrons. The van der Waals surface area contributed by atoms with Crippen LogP contribution in [0, 0.1) is 11.3 Å². The van der Waals surface area contributed by atoms with Crippen LogP contribution < -0.4 is 14.8 Å². The number of hydrogen-bond donors (Lipinski definition) is 1. The molecule has 2 aromatic rings. The van der Waals surface area contributed by atoms with Crippen LogP contribution in [-0.4, -0.2) is 51.2 Å². The summed E-state index contributed by atoms with van der Waals surface area (Å²) in [6.45, 7) is 1.40. The van der Waals surface area contributed by atoms with Crippen molar-refractivity contribution in [3.63, 3.8) is 0 Å². The van der Waals surface area contributed by atoms with Crippen molar-refractivity contribution in [3.8, 4) is 17.6 Å². The van der Waals surface area contributed by atoms with Gasteiger partial charge < -0.3 is 24.4 Å². The lowest BCUT2D eigenvalue weighted by Crippen LogP contribution is -2.35. The van der Waals surface area contributed by atoms with E-state index in [0.717, 1.165) is 16.0 Å².